The Morgan fingerprint density at radius 3 is 2.77 bits per heavy atom. The summed E-state index contributed by atoms with van der Waals surface area (Å²) in [5, 5.41) is 13.6. The average Bonchev–Trinajstić information content (AvgIpc) is 3.31. The number of carbonyl (C=O) groups excluding carboxylic acids is 1. The van der Waals surface area contributed by atoms with Gasteiger partial charge in [0.05, 0.1) is 12.7 Å². The molecule has 1 aromatic heterocycles. The highest BCUT2D eigenvalue weighted by molar-refractivity contribution is 7.11. The van der Waals surface area contributed by atoms with Gasteiger partial charge in [0.25, 0.3) is 0 Å². The van der Waals surface area contributed by atoms with Crippen molar-refractivity contribution in [2.75, 3.05) is 6.61 Å². The van der Waals surface area contributed by atoms with Gasteiger partial charge in [-0.05, 0) is 90.7 Å². The third-order valence-electron chi connectivity index (χ3n) is 10.1. The van der Waals surface area contributed by atoms with E-state index in [9.17, 15) is 9.90 Å². The number of hydrogen-bond acceptors (Lipinski definition) is 4. The Kier molecular flexibility index (Phi) is 5.06. The molecule has 4 heteroatoms. The van der Waals surface area contributed by atoms with Crippen LogP contribution >= 0.6 is 11.3 Å². The van der Waals surface area contributed by atoms with E-state index in [1.54, 1.807) is 0 Å². The Bertz CT molecular complexity index is 904. The minimum absolute atomic E-state index is 0.0984. The van der Waals surface area contributed by atoms with Crippen LogP contribution in [0.3, 0.4) is 0 Å². The number of allylic oxidation sites excluding steroid dienone is 1. The van der Waals surface area contributed by atoms with Gasteiger partial charge in [0.15, 0.2) is 0 Å². The predicted molar refractivity (Wildman–Crippen MR) is 125 cm³/mol. The Morgan fingerprint density at radius 2 is 2.06 bits per heavy atom. The lowest BCUT2D eigenvalue weighted by molar-refractivity contribution is -0.216. The zero-order chi connectivity index (χ0) is 22.0. The van der Waals surface area contributed by atoms with Gasteiger partial charge in [-0.1, -0.05) is 39.5 Å². The molecule has 168 valence electrons. The average molecular weight is 441 g/mol. The van der Waals surface area contributed by atoms with Crippen molar-refractivity contribution in [2.45, 2.75) is 71.3 Å². The first-order chi connectivity index (χ1) is 14.8. The van der Waals surface area contributed by atoms with E-state index in [0.29, 0.717) is 29.2 Å². The molecular weight excluding hydrogens is 404 g/mol. The predicted octanol–water partition coefficient (Wildman–Crippen LogP) is 6.40. The van der Waals surface area contributed by atoms with E-state index in [1.807, 2.05) is 17.5 Å². The maximum Gasteiger partial charge on any atom is 0.348 e. The molecule has 1 aromatic rings. The van der Waals surface area contributed by atoms with Crippen LogP contribution in [-0.2, 0) is 4.74 Å². The smallest absolute Gasteiger partial charge is 0.348 e. The van der Waals surface area contributed by atoms with E-state index >= 15 is 0 Å². The molecule has 7 atom stereocenters. The van der Waals surface area contributed by atoms with Crippen molar-refractivity contribution in [3.05, 3.63) is 46.7 Å². The van der Waals surface area contributed by atoms with Crippen LogP contribution in [0.25, 0.3) is 0 Å². The number of ether oxygens (including phenoxy) is 1. The Labute approximate surface area is 190 Å². The summed E-state index contributed by atoms with van der Waals surface area (Å²) in [6.07, 6.45) is 8.31. The third-order valence-corrected chi connectivity index (χ3v) is 10.9. The fourth-order valence-electron chi connectivity index (χ4n) is 8.54. The van der Waals surface area contributed by atoms with E-state index < -0.39 is 0 Å². The topological polar surface area (TPSA) is 46.5 Å². The minimum Gasteiger partial charge on any atom is -0.461 e. The molecular formula is C27H36O3S. The SMILES string of the molecule is C=C1C(=C)[C@]23CC[C@H]1CC2[C@]1(CC)CCC[C@@](C)(COC(=O)c2cccs2)C1C[C@H]3O. The second kappa shape index (κ2) is 7.31. The third kappa shape index (κ3) is 2.83. The van der Waals surface area contributed by atoms with Gasteiger partial charge in [-0.2, -0.15) is 0 Å². The number of hydrogen-bond donors (Lipinski definition) is 1. The zero-order valence-electron chi connectivity index (χ0n) is 19.0. The van der Waals surface area contributed by atoms with Crippen LogP contribution in [0.5, 0.6) is 0 Å². The van der Waals surface area contributed by atoms with E-state index in [0.717, 1.165) is 50.5 Å². The Morgan fingerprint density at radius 1 is 1.26 bits per heavy atom. The van der Waals surface area contributed by atoms with Crippen molar-refractivity contribution in [1.82, 2.24) is 0 Å². The van der Waals surface area contributed by atoms with Crippen molar-refractivity contribution in [1.29, 1.82) is 0 Å². The molecule has 5 aliphatic rings. The molecule has 5 saturated carbocycles. The zero-order valence-corrected chi connectivity index (χ0v) is 19.8. The quantitative estimate of drug-likeness (QED) is 0.551. The number of fused-ring (bicyclic) bond motifs is 3. The number of esters is 1. The van der Waals surface area contributed by atoms with Crippen molar-refractivity contribution in [3.8, 4) is 0 Å². The maximum atomic E-state index is 12.6. The molecule has 0 radical (unpaired) electrons. The lowest BCUT2D eigenvalue weighted by Crippen LogP contribution is -2.66. The van der Waals surface area contributed by atoms with E-state index in [4.69, 9.17) is 4.74 Å². The van der Waals surface area contributed by atoms with Crippen molar-refractivity contribution >= 4 is 17.3 Å². The highest BCUT2D eigenvalue weighted by Gasteiger charge is 2.68. The minimum atomic E-state index is -0.377. The monoisotopic (exact) mass is 440 g/mol. The van der Waals surface area contributed by atoms with Crippen LogP contribution in [0.4, 0.5) is 0 Å². The van der Waals surface area contributed by atoms with E-state index in [-0.39, 0.29) is 28.3 Å². The lowest BCUT2D eigenvalue weighted by atomic mass is 9.34. The number of thiophene rings is 1. The molecule has 0 saturated heterocycles. The summed E-state index contributed by atoms with van der Waals surface area (Å²) < 4.78 is 5.90. The lowest BCUT2D eigenvalue weighted by Gasteiger charge is -2.70. The van der Waals surface area contributed by atoms with Crippen molar-refractivity contribution < 1.29 is 14.6 Å². The van der Waals surface area contributed by atoms with Crippen LogP contribution in [0.15, 0.2) is 41.8 Å². The van der Waals surface area contributed by atoms with Gasteiger partial charge in [-0.15, -0.1) is 11.3 Å². The van der Waals surface area contributed by atoms with E-state index in [2.05, 4.69) is 27.0 Å². The summed E-state index contributed by atoms with van der Waals surface area (Å²) in [6, 6.07) is 3.72. The van der Waals surface area contributed by atoms with E-state index in [1.165, 1.54) is 23.3 Å². The van der Waals surface area contributed by atoms with Crippen LogP contribution in [0.1, 0.15) is 74.9 Å². The molecule has 31 heavy (non-hydrogen) atoms. The molecule has 1 heterocycles. The summed E-state index contributed by atoms with van der Waals surface area (Å²) >= 11 is 1.43. The largest absolute Gasteiger partial charge is 0.461 e. The summed E-state index contributed by atoms with van der Waals surface area (Å²) in [5.74, 6) is 1.14. The fourth-order valence-corrected chi connectivity index (χ4v) is 9.16. The Hall–Kier alpha value is -1.39. The molecule has 2 bridgehead atoms. The van der Waals surface area contributed by atoms with Gasteiger partial charge in [0, 0.05) is 10.8 Å². The molecule has 0 aromatic carbocycles. The number of rotatable bonds is 4. The second-order valence-electron chi connectivity index (χ2n) is 11.0. The first-order valence-corrected chi connectivity index (χ1v) is 12.9. The Balaban J connectivity index is 1.48. The second-order valence-corrected chi connectivity index (χ2v) is 12.0. The molecule has 1 N–H and O–H groups in total. The van der Waals surface area contributed by atoms with Gasteiger partial charge < -0.3 is 9.84 Å². The highest BCUT2D eigenvalue weighted by atomic mass is 32.1. The molecule has 5 fully saturated rings. The first-order valence-electron chi connectivity index (χ1n) is 12.1. The number of aliphatic hydroxyl groups is 1. The summed E-state index contributed by atoms with van der Waals surface area (Å²) in [7, 11) is 0. The molecule has 2 unspecified atom stereocenters. The van der Waals surface area contributed by atoms with Gasteiger partial charge in [-0.3, -0.25) is 0 Å². The summed E-state index contributed by atoms with van der Waals surface area (Å²) in [6.45, 7) is 14.0. The molecule has 3 nitrogen and oxygen atoms in total. The van der Waals surface area contributed by atoms with Crippen LogP contribution in [0.2, 0.25) is 0 Å². The number of aliphatic hydroxyl groups excluding tert-OH is 1. The molecule has 0 aliphatic heterocycles. The van der Waals surface area contributed by atoms with Crippen LogP contribution in [-0.4, -0.2) is 23.8 Å². The van der Waals surface area contributed by atoms with Gasteiger partial charge >= 0.3 is 5.97 Å². The summed E-state index contributed by atoms with van der Waals surface area (Å²) in [4.78, 5) is 13.3. The molecule has 5 aliphatic carbocycles. The maximum absolute atomic E-state index is 12.6. The summed E-state index contributed by atoms with van der Waals surface area (Å²) in [5.41, 5.74) is 2.25. The standard InChI is InChI=1S/C27H36O3S/c1-5-26-11-7-10-25(4,16-30-24(29)20-8-6-13-31-20)21(26)15-23(28)27-12-9-19(14-22(26)27)17(2)18(27)3/h6,8,13,19,21-23,28H,2-3,5,7,9-12,14-16H2,1,4H3/t19-,21?,22?,23+,25-,26+,27+/m0/s1. The van der Waals surface area contributed by atoms with Gasteiger partial charge in [-0.25, -0.2) is 4.79 Å². The first kappa shape index (κ1) is 21.5. The van der Waals surface area contributed by atoms with Crippen molar-refractivity contribution in [3.63, 3.8) is 0 Å². The fraction of sp³-hybridized carbons (Fsp3) is 0.667. The van der Waals surface area contributed by atoms with Gasteiger partial charge in [0.1, 0.15) is 4.88 Å². The number of carbonyl (C=O) groups is 1. The molecule has 0 amide bonds. The molecule has 6 rings (SSSR count). The highest BCUT2D eigenvalue weighted by Crippen LogP contribution is 2.74. The van der Waals surface area contributed by atoms with Crippen molar-refractivity contribution in [2.24, 2.45) is 34.0 Å². The molecule has 1 spiro atoms. The van der Waals surface area contributed by atoms with Gasteiger partial charge in [0.2, 0.25) is 0 Å². The van der Waals surface area contributed by atoms with Crippen LogP contribution in [0, 0.1) is 34.0 Å². The van der Waals surface area contributed by atoms with Crippen LogP contribution < -0.4 is 0 Å². The normalized spacial score (nSPS) is 44.0.